The zero-order valence-electron chi connectivity index (χ0n) is 10.2. The Morgan fingerprint density at radius 2 is 1.81 bits per heavy atom. The molecular formula is C10H18INO4. The first-order chi connectivity index (χ1) is 7.17. The summed E-state index contributed by atoms with van der Waals surface area (Å²) >= 11 is 2.04. The Bertz CT molecular complexity index is 260. The normalized spacial score (nSPS) is 14.9. The lowest BCUT2D eigenvalue weighted by atomic mass is 10.2. The highest BCUT2D eigenvalue weighted by atomic mass is 127. The number of alkyl carbamates (subject to hydrolysis) is 1. The van der Waals surface area contributed by atoms with E-state index in [9.17, 15) is 9.59 Å². The molecule has 0 saturated heterocycles. The van der Waals surface area contributed by atoms with Crippen LogP contribution in [0.4, 0.5) is 4.79 Å². The Hall–Kier alpha value is -0.530. The van der Waals surface area contributed by atoms with E-state index in [1.807, 2.05) is 22.6 Å². The molecule has 2 atom stereocenters. The Morgan fingerprint density at radius 1 is 1.31 bits per heavy atom. The number of alkyl halides is 1. The van der Waals surface area contributed by atoms with Crippen LogP contribution in [0.1, 0.15) is 27.7 Å². The highest BCUT2D eigenvalue weighted by molar-refractivity contribution is 14.1. The molecule has 94 valence electrons. The van der Waals surface area contributed by atoms with E-state index in [2.05, 4.69) is 10.1 Å². The predicted molar refractivity (Wildman–Crippen MR) is 68.7 cm³/mol. The minimum absolute atomic E-state index is 0.0856. The summed E-state index contributed by atoms with van der Waals surface area (Å²) in [5.74, 6) is -0.479. The highest BCUT2D eigenvalue weighted by Crippen LogP contribution is 2.10. The quantitative estimate of drug-likeness (QED) is 0.483. The first kappa shape index (κ1) is 15.5. The van der Waals surface area contributed by atoms with Crippen LogP contribution in [0.5, 0.6) is 0 Å². The van der Waals surface area contributed by atoms with Crippen molar-refractivity contribution in [2.24, 2.45) is 0 Å². The van der Waals surface area contributed by atoms with Gasteiger partial charge in [0.1, 0.15) is 11.6 Å². The maximum atomic E-state index is 11.4. The van der Waals surface area contributed by atoms with Crippen LogP contribution in [0.2, 0.25) is 0 Å². The summed E-state index contributed by atoms with van der Waals surface area (Å²) in [4.78, 5) is 22.8. The minimum atomic E-state index is -0.694. The molecule has 0 aromatic rings. The Morgan fingerprint density at radius 3 is 2.12 bits per heavy atom. The zero-order chi connectivity index (χ0) is 12.9. The third-order valence-electron chi connectivity index (χ3n) is 1.59. The smallest absolute Gasteiger partial charge is 0.408 e. The second-order valence-corrected chi connectivity index (χ2v) is 6.29. The Labute approximate surface area is 109 Å². The predicted octanol–water partition coefficient (Wildman–Crippen LogP) is 1.88. The summed E-state index contributed by atoms with van der Waals surface area (Å²) in [6.45, 7) is 7.08. The van der Waals surface area contributed by atoms with Crippen molar-refractivity contribution in [2.75, 3.05) is 7.11 Å². The van der Waals surface area contributed by atoms with Gasteiger partial charge >= 0.3 is 12.1 Å². The topological polar surface area (TPSA) is 64.6 Å². The summed E-state index contributed by atoms with van der Waals surface area (Å²) in [6.07, 6.45) is -0.619. The lowest BCUT2D eigenvalue weighted by molar-refractivity contribution is -0.142. The molecule has 1 amide bonds. The lowest BCUT2D eigenvalue weighted by Crippen LogP contribution is -2.47. The van der Waals surface area contributed by atoms with Crippen molar-refractivity contribution in [3.63, 3.8) is 0 Å². The molecule has 0 aliphatic rings. The standard InChI is InChI=1S/C10H18INO4/c1-6(11)7(8(13)15-5)12-9(14)16-10(2,3)4/h6-7H,1-5H3,(H,12,14)/t6?,7-/m0/s1. The van der Waals surface area contributed by atoms with Crippen molar-refractivity contribution in [1.29, 1.82) is 0 Å². The number of carbonyl (C=O) groups excluding carboxylic acids is 2. The number of carbonyl (C=O) groups is 2. The van der Waals surface area contributed by atoms with Gasteiger partial charge in [0.2, 0.25) is 0 Å². The molecule has 0 bridgehead atoms. The van der Waals surface area contributed by atoms with Crippen LogP contribution in [0.15, 0.2) is 0 Å². The zero-order valence-corrected chi connectivity index (χ0v) is 12.3. The molecule has 1 N–H and O–H groups in total. The fourth-order valence-corrected chi connectivity index (χ4v) is 1.40. The summed E-state index contributed by atoms with van der Waals surface area (Å²) in [6, 6.07) is -0.694. The molecule has 0 aliphatic heterocycles. The third-order valence-corrected chi connectivity index (χ3v) is 2.31. The molecular weight excluding hydrogens is 325 g/mol. The third kappa shape index (κ3) is 6.14. The lowest BCUT2D eigenvalue weighted by Gasteiger charge is -2.23. The molecule has 0 saturated carbocycles. The molecule has 1 unspecified atom stereocenters. The Balaban J connectivity index is 4.42. The van der Waals surface area contributed by atoms with E-state index in [4.69, 9.17) is 4.74 Å². The number of halogens is 1. The van der Waals surface area contributed by atoms with Crippen LogP contribution in [-0.4, -0.2) is 34.7 Å². The summed E-state index contributed by atoms with van der Waals surface area (Å²) < 4.78 is 9.56. The van der Waals surface area contributed by atoms with Crippen molar-refractivity contribution in [2.45, 2.75) is 43.3 Å². The van der Waals surface area contributed by atoms with Gasteiger partial charge in [-0.3, -0.25) is 0 Å². The number of esters is 1. The van der Waals surface area contributed by atoms with Crippen LogP contribution in [0.25, 0.3) is 0 Å². The molecule has 0 aromatic heterocycles. The van der Waals surface area contributed by atoms with Gasteiger partial charge in [-0.2, -0.15) is 0 Å². The molecule has 16 heavy (non-hydrogen) atoms. The average Bonchev–Trinajstić information content (AvgIpc) is 2.09. The Kier molecular flexibility index (Phi) is 6.06. The van der Waals surface area contributed by atoms with Crippen LogP contribution in [-0.2, 0) is 14.3 Å². The molecule has 5 nitrogen and oxygen atoms in total. The second kappa shape index (κ2) is 6.27. The monoisotopic (exact) mass is 343 g/mol. The van der Waals surface area contributed by atoms with Crippen molar-refractivity contribution in [3.05, 3.63) is 0 Å². The average molecular weight is 343 g/mol. The van der Waals surface area contributed by atoms with Gasteiger partial charge in [0, 0.05) is 3.92 Å². The van der Waals surface area contributed by atoms with Gasteiger partial charge in [-0.15, -0.1) is 0 Å². The van der Waals surface area contributed by atoms with Crippen molar-refractivity contribution in [1.82, 2.24) is 5.32 Å². The number of hydrogen-bond acceptors (Lipinski definition) is 4. The largest absolute Gasteiger partial charge is 0.467 e. The molecule has 0 rings (SSSR count). The van der Waals surface area contributed by atoms with Gasteiger partial charge in [0.25, 0.3) is 0 Å². The maximum Gasteiger partial charge on any atom is 0.408 e. The molecule has 0 spiro atoms. The van der Waals surface area contributed by atoms with Crippen molar-refractivity contribution < 1.29 is 19.1 Å². The SMILES string of the molecule is COC(=O)[C@@H](NC(=O)OC(C)(C)C)C(C)I. The van der Waals surface area contributed by atoms with Gasteiger partial charge < -0.3 is 14.8 Å². The number of amides is 1. The molecule has 0 fully saturated rings. The van der Waals surface area contributed by atoms with E-state index >= 15 is 0 Å². The molecule has 0 radical (unpaired) electrons. The fourth-order valence-electron chi connectivity index (χ4n) is 0.923. The molecule has 0 aliphatic carbocycles. The first-order valence-electron chi connectivity index (χ1n) is 4.89. The van der Waals surface area contributed by atoms with Crippen LogP contribution in [0, 0.1) is 0 Å². The summed E-state index contributed by atoms with van der Waals surface area (Å²) in [5, 5.41) is 2.48. The van der Waals surface area contributed by atoms with E-state index in [1.54, 1.807) is 27.7 Å². The molecule has 0 aromatic carbocycles. The van der Waals surface area contributed by atoms with E-state index in [1.165, 1.54) is 7.11 Å². The molecule has 0 heterocycles. The van der Waals surface area contributed by atoms with E-state index in [-0.39, 0.29) is 3.92 Å². The summed E-state index contributed by atoms with van der Waals surface area (Å²) in [7, 11) is 1.28. The van der Waals surface area contributed by atoms with Crippen LogP contribution < -0.4 is 5.32 Å². The van der Waals surface area contributed by atoms with Gasteiger partial charge in [-0.25, -0.2) is 9.59 Å². The minimum Gasteiger partial charge on any atom is -0.467 e. The first-order valence-corrected chi connectivity index (χ1v) is 6.13. The van der Waals surface area contributed by atoms with Crippen LogP contribution in [0.3, 0.4) is 0 Å². The molecule has 6 heteroatoms. The van der Waals surface area contributed by atoms with Gasteiger partial charge in [-0.05, 0) is 20.8 Å². The number of ether oxygens (including phenoxy) is 2. The number of methoxy groups -OCH3 is 1. The summed E-state index contributed by atoms with van der Waals surface area (Å²) in [5.41, 5.74) is -0.584. The maximum absolute atomic E-state index is 11.4. The highest BCUT2D eigenvalue weighted by Gasteiger charge is 2.28. The van der Waals surface area contributed by atoms with Gasteiger partial charge in [-0.1, -0.05) is 29.5 Å². The number of rotatable bonds is 3. The van der Waals surface area contributed by atoms with Gasteiger partial charge in [0.05, 0.1) is 7.11 Å². The van der Waals surface area contributed by atoms with Crippen molar-refractivity contribution in [3.8, 4) is 0 Å². The number of nitrogens with one attached hydrogen (secondary N) is 1. The van der Waals surface area contributed by atoms with E-state index < -0.39 is 23.7 Å². The van der Waals surface area contributed by atoms with Gasteiger partial charge in [0.15, 0.2) is 0 Å². The van der Waals surface area contributed by atoms with Crippen molar-refractivity contribution >= 4 is 34.7 Å². The number of hydrogen-bond donors (Lipinski definition) is 1. The second-order valence-electron chi connectivity index (χ2n) is 4.32. The van der Waals surface area contributed by atoms with Crippen LogP contribution >= 0.6 is 22.6 Å². The van der Waals surface area contributed by atoms with E-state index in [0.29, 0.717) is 0 Å². The fraction of sp³-hybridized carbons (Fsp3) is 0.800. The van der Waals surface area contributed by atoms with E-state index in [0.717, 1.165) is 0 Å².